The van der Waals surface area contributed by atoms with Gasteiger partial charge in [-0.25, -0.2) is 4.79 Å². The van der Waals surface area contributed by atoms with Gasteiger partial charge in [0.05, 0.1) is 5.56 Å². The fraction of sp³-hybridized carbons (Fsp3) is 0.615. The summed E-state index contributed by atoms with van der Waals surface area (Å²) >= 11 is 0. The van der Waals surface area contributed by atoms with Crippen LogP contribution in [-0.4, -0.2) is 23.5 Å². The lowest BCUT2D eigenvalue weighted by molar-refractivity contribution is 0.0697. The number of rotatable bonds is 18. The first kappa shape index (κ1) is 26.7. The van der Waals surface area contributed by atoms with Gasteiger partial charge in [0.15, 0.2) is 0 Å². The number of nitrogens with one attached hydrogen (secondary N) is 1. The van der Waals surface area contributed by atoms with Gasteiger partial charge in [0, 0.05) is 17.8 Å². The molecule has 0 bridgehead atoms. The summed E-state index contributed by atoms with van der Waals surface area (Å²) in [6.07, 6.45) is 22.3. The molecule has 0 aliphatic carbocycles. The van der Waals surface area contributed by atoms with Crippen LogP contribution in [0.5, 0.6) is 0 Å². The number of hydrogen-bond acceptors (Lipinski definition) is 3. The van der Waals surface area contributed by atoms with Gasteiger partial charge >= 0.3 is 5.97 Å². The Kier molecular flexibility index (Phi) is 15.0. The van der Waals surface area contributed by atoms with E-state index in [9.17, 15) is 9.59 Å². The third-order valence-corrected chi connectivity index (χ3v) is 5.52. The van der Waals surface area contributed by atoms with Gasteiger partial charge in [-0.15, -0.1) is 0 Å². The van der Waals surface area contributed by atoms with Crippen molar-refractivity contribution < 1.29 is 14.7 Å². The lowest BCUT2D eigenvalue weighted by Crippen LogP contribution is -2.24. The first-order valence-electron chi connectivity index (χ1n) is 12.1. The lowest BCUT2D eigenvalue weighted by Gasteiger charge is -2.07. The van der Waals surface area contributed by atoms with E-state index in [4.69, 9.17) is 10.8 Å². The molecule has 5 nitrogen and oxygen atoms in total. The molecule has 1 aromatic carbocycles. The Labute approximate surface area is 188 Å². The van der Waals surface area contributed by atoms with Gasteiger partial charge < -0.3 is 16.2 Å². The summed E-state index contributed by atoms with van der Waals surface area (Å²) < 4.78 is 0. The summed E-state index contributed by atoms with van der Waals surface area (Å²) in [5.41, 5.74) is 6.21. The van der Waals surface area contributed by atoms with Gasteiger partial charge in [-0.05, 0) is 50.3 Å². The minimum Gasteiger partial charge on any atom is -0.478 e. The van der Waals surface area contributed by atoms with Crippen LogP contribution in [0.15, 0.2) is 30.4 Å². The number of carboxylic acid groups (broad SMARTS) is 1. The summed E-state index contributed by atoms with van der Waals surface area (Å²) in [5.74, 6) is -1.30. The Hall–Kier alpha value is -2.30. The van der Waals surface area contributed by atoms with Crippen molar-refractivity contribution in [3.05, 3.63) is 41.5 Å². The predicted molar refractivity (Wildman–Crippen MR) is 130 cm³/mol. The molecule has 1 rings (SSSR count). The summed E-state index contributed by atoms with van der Waals surface area (Å²) in [6.45, 7) is 2.88. The number of carboxylic acids is 1. The Bertz CT molecular complexity index is 671. The summed E-state index contributed by atoms with van der Waals surface area (Å²) in [7, 11) is 0. The van der Waals surface area contributed by atoms with Gasteiger partial charge in [0.25, 0.3) is 5.91 Å². The molecule has 0 heterocycles. The van der Waals surface area contributed by atoms with Gasteiger partial charge in [-0.3, -0.25) is 4.79 Å². The number of unbranched alkanes of at least 4 members (excludes halogenated alkanes) is 12. The first-order valence-corrected chi connectivity index (χ1v) is 12.1. The van der Waals surface area contributed by atoms with Crippen LogP contribution in [0.3, 0.4) is 0 Å². The maximum Gasteiger partial charge on any atom is 0.337 e. The quantitative estimate of drug-likeness (QED) is 0.137. The van der Waals surface area contributed by atoms with Crippen LogP contribution in [0.1, 0.15) is 118 Å². The molecule has 0 fully saturated rings. The van der Waals surface area contributed by atoms with E-state index in [1.807, 2.05) is 0 Å². The van der Waals surface area contributed by atoms with Crippen molar-refractivity contribution in [2.24, 2.45) is 0 Å². The minimum atomic E-state index is -1.09. The van der Waals surface area contributed by atoms with Gasteiger partial charge in [0.2, 0.25) is 0 Å². The molecule has 0 radical (unpaired) electrons. The highest BCUT2D eigenvalue weighted by Gasteiger charge is 2.11. The Morgan fingerprint density at radius 1 is 0.871 bits per heavy atom. The predicted octanol–water partition coefficient (Wildman–Crippen LogP) is 6.73. The minimum absolute atomic E-state index is 0.0184. The second-order valence-corrected chi connectivity index (χ2v) is 8.30. The number of aromatic carboxylic acids is 1. The summed E-state index contributed by atoms with van der Waals surface area (Å²) in [6, 6.07) is 4.29. The standard InChI is InChI=1S/C26H42N2O3/c1-2-3-4-5-6-7-8-9-10-11-12-13-14-15-16-17-20-28-25(29)22-18-19-23(26(30)31)24(27)21-22/h9-10,18-19,21H,2-8,11-17,20,27H2,1H3,(H,28,29)(H,30,31)/b10-9-. The molecule has 0 aromatic heterocycles. The van der Waals surface area contributed by atoms with Crippen molar-refractivity contribution in [2.75, 3.05) is 12.3 Å². The lowest BCUT2D eigenvalue weighted by atomic mass is 10.1. The molecule has 0 saturated heterocycles. The molecule has 0 aliphatic rings. The number of nitrogen functional groups attached to an aromatic ring is 1. The summed E-state index contributed by atoms with van der Waals surface area (Å²) in [5, 5.41) is 11.9. The Balaban J connectivity index is 1.95. The zero-order chi connectivity index (χ0) is 22.7. The van der Waals surface area contributed by atoms with E-state index in [2.05, 4.69) is 24.4 Å². The second kappa shape index (κ2) is 17.4. The van der Waals surface area contributed by atoms with E-state index >= 15 is 0 Å². The maximum atomic E-state index is 12.1. The molecule has 4 N–H and O–H groups in total. The van der Waals surface area contributed by atoms with Gasteiger partial charge in [-0.1, -0.05) is 76.9 Å². The van der Waals surface area contributed by atoms with Crippen molar-refractivity contribution in [3.63, 3.8) is 0 Å². The third kappa shape index (κ3) is 12.9. The number of nitrogens with two attached hydrogens (primary N) is 1. The number of amides is 1. The van der Waals surface area contributed by atoms with E-state index in [0.717, 1.165) is 12.8 Å². The van der Waals surface area contributed by atoms with Crippen LogP contribution < -0.4 is 11.1 Å². The van der Waals surface area contributed by atoms with Crippen molar-refractivity contribution in [3.8, 4) is 0 Å². The molecule has 0 spiro atoms. The topological polar surface area (TPSA) is 92.4 Å². The number of hydrogen-bond donors (Lipinski definition) is 3. The maximum absolute atomic E-state index is 12.1. The van der Waals surface area contributed by atoms with Crippen LogP contribution in [0.2, 0.25) is 0 Å². The molecule has 0 aliphatic heterocycles. The number of benzene rings is 1. The van der Waals surface area contributed by atoms with E-state index in [1.165, 1.54) is 95.2 Å². The molecule has 5 heteroatoms. The van der Waals surface area contributed by atoms with Crippen LogP contribution >= 0.6 is 0 Å². The highest BCUT2D eigenvalue weighted by atomic mass is 16.4. The first-order chi connectivity index (χ1) is 15.1. The summed E-state index contributed by atoms with van der Waals surface area (Å²) in [4.78, 5) is 23.1. The van der Waals surface area contributed by atoms with Crippen molar-refractivity contribution >= 4 is 17.6 Å². The van der Waals surface area contributed by atoms with E-state index < -0.39 is 5.97 Å². The van der Waals surface area contributed by atoms with Crippen molar-refractivity contribution in [2.45, 2.75) is 96.8 Å². The van der Waals surface area contributed by atoms with Gasteiger partial charge in [-0.2, -0.15) is 0 Å². The largest absolute Gasteiger partial charge is 0.478 e. The van der Waals surface area contributed by atoms with Crippen LogP contribution in [0, 0.1) is 0 Å². The molecule has 1 amide bonds. The molecule has 174 valence electrons. The fourth-order valence-electron chi connectivity index (χ4n) is 3.58. The van der Waals surface area contributed by atoms with E-state index in [1.54, 1.807) is 0 Å². The number of carbonyl (C=O) groups excluding carboxylic acids is 1. The van der Waals surface area contributed by atoms with Gasteiger partial charge in [0.1, 0.15) is 0 Å². The Morgan fingerprint density at radius 3 is 1.97 bits per heavy atom. The molecule has 0 unspecified atom stereocenters. The smallest absolute Gasteiger partial charge is 0.337 e. The second-order valence-electron chi connectivity index (χ2n) is 8.30. The number of anilines is 1. The molecule has 0 atom stereocenters. The Morgan fingerprint density at radius 2 is 1.42 bits per heavy atom. The zero-order valence-electron chi connectivity index (χ0n) is 19.3. The average Bonchev–Trinajstić information content (AvgIpc) is 2.75. The van der Waals surface area contributed by atoms with Crippen LogP contribution in [-0.2, 0) is 0 Å². The molecule has 0 saturated carbocycles. The molecular weight excluding hydrogens is 388 g/mol. The SMILES string of the molecule is CCCCCCCC/C=C\CCCCCCCCNC(=O)c1ccc(C(=O)O)c(N)c1. The third-order valence-electron chi connectivity index (χ3n) is 5.52. The highest BCUT2D eigenvalue weighted by Crippen LogP contribution is 2.14. The normalized spacial score (nSPS) is 11.1. The van der Waals surface area contributed by atoms with E-state index in [-0.39, 0.29) is 17.2 Å². The average molecular weight is 431 g/mol. The van der Waals surface area contributed by atoms with E-state index in [0.29, 0.717) is 12.1 Å². The zero-order valence-corrected chi connectivity index (χ0v) is 19.3. The fourth-order valence-corrected chi connectivity index (χ4v) is 3.58. The number of allylic oxidation sites excluding steroid dienone is 2. The van der Waals surface area contributed by atoms with Crippen LogP contribution in [0.25, 0.3) is 0 Å². The monoisotopic (exact) mass is 430 g/mol. The molecular formula is C26H42N2O3. The van der Waals surface area contributed by atoms with Crippen LogP contribution in [0.4, 0.5) is 5.69 Å². The number of carbonyl (C=O) groups is 2. The molecule has 1 aromatic rings. The van der Waals surface area contributed by atoms with Crippen molar-refractivity contribution in [1.29, 1.82) is 0 Å². The van der Waals surface area contributed by atoms with Crippen molar-refractivity contribution in [1.82, 2.24) is 5.32 Å². The molecule has 31 heavy (non-hydrogen) atoms. The highest BCUT2D eigenvalue weighted by molar-refractivity contribution is 5.99.